The molecule has 7 heteroatoms. The number of urea groups is 1. The fourth-order valence-electron chi connectivity index (χ4n) is 2.50. The average Bonchev–Trinajstić information content (AvgIpc) is 2.96. The number of anilines is 1. The van der Waals surface area contributed by atoms with E-state index in [0.717, 1.165) is 18.5 Å². The summed E-state index contributed by atoms with van der Waals surface area (Å²) in [4.78, 5) is 13.8. The molecule has 1 atom stereocenters. The number of likely N-dealkylation sites (tertiary alicyclic amines) is 1. The smallest absolute Gasteiger partial charge is 0.322 e. The largest absolute Gasteiger partial charge is 0.391 e. The second-order valence-corrected chi connectivity index (χ2v) is 5.70. The number of aliphatic hydroxyl groups excluding tert-OH is 1. The zero-order chi connectivity index (χ0) is 15.5. The molecule has 0 bridgehead atoms. The number of benzene rings is 1. The van der Waals surface area contributed by atoms with E-state index in [2.05, 4.69) is 10.4 Å². The van der Waals surface area contributed by atoms with E-state index in [4.69, 9.17) is 11.6 Å². The quantitative estimate of drug-likeness (QED) is 0.893. The zero-order valence-corrected chi connectivity index (χ0v) is 12.7. The number of carbonyl (C=O) groups excluding carboxylic acids is 1. The molecule has 6 nitrogen and oxygen atoms in total. The van der Waals surface area contributed by atoms with E-state index in [1.54, 1.807) is 28.0 Å². The standard InChI is InChI=1S/C15H17ClN4O2/c16-13-5-1-2-6-14(13)20-9-11(8-17-20)18-15(22)19-7-3-4-12(21)10-19/h1-2,5-6,8-9,12,21H,3-4,7,10H2,(H,18,22). The molecule has 2 aromatic rings. The molecule has 1 aromatic carbocycles. The monoisotopic (exact) mass is 320 g/mol. The fraction of sp³-hybridized carbons (Fsp3) is 0.333. The van der Waals surface area contributed by atoms with Gasteiger partial charge in [0.05, 0.1) is 34.9 Å². The van der Waals surface area contributed by atoms with Crippen LogP contribution in [0.15, 0.2) is 36.7 Å². The van der Waals surface area contributed by atoms with Crippen molar-refractivity contribution in [3.63, 3.8) is 0 Å². The minimum atomic E-state index is -0.439. The summed E-state index contributed by atoms with van der Waals surface area (Å²) in [6, 6.07) is 7.13. The molecule has 1 fully saturated rings. The van der Waals surface area contributed by atoms with Crippen LogP contribution in [0.3, 0.4) is 0 Å². The molecule has 0 saturated carbocycles. The lowest BCUT2D eigenvalue weighted by Crippen LogP contribution is -2.44. The predicted molar refractivity (Wildman–Crippen MR) is 84.4 cm³/mol. The van der Waals surface area contributed by atoms with Crippen molar-refractivity contribution >= 4 is 23.3 Å². The van der Waals surface area contributed by atoms with Crippen molar-refractivity contribution in [2.24, 2.45) is 0 Å². The molecule has 0 spiro atoms. The Morgan fingerprint density at radius 2 is 2.23 bits per heavy atom. The summed E-state index contributed by atoms with van der Waals surface area (Å²) < 4.78 is 1.61. The van der Waals surface area contributed by atoms with Gasteiger partial charge in [0.15, 0.2) is 0 Å². The predicted octanol–water partition coefficient (Wildman–Crippen LogP) is 2.51. The molecule has 0 aliphatic carbocycles. The maximum Gasteiger partial charge on any atom is 0.322 e. The topological polar surface area (TPSA) is 70.4 Å². The Morgan fingerprint density at radius 1 is 1.41 bits per heavy atom. The molecule has 2 amide bonds. The Bertz CT molecular complexity index is 673. The van der Waals surface area contributed by atoms with Crippen molar-refractivity contribution in [1.82, 2.24) is 14.7 Å². The molecule has 2 heterocycles. The minimum absolute atomic E-state index is 0.225. The number of para-hydroxylation sites is 1. The number of hydrogen-bond acceptors (Lipinski definition) is 3. The SMILES string of the molecule is O=C(Nc1cnn(-c2ccccc2Cl)c1)N1CCCC(O)C1. The second kappa shape index (κ2) is 6.37. The van der Waals surface area contributed by atoms with E-state index < -0.39 is 6.10 Å². The first kappa shape index (κ1) is 14.9. The van der Waals surface area contributed by atoms with Crippen LogP contribution in [0.2, 0.25) is 5.02 Å². The first-order valence-electron chi connectivity index (χ1n) is 7.17. The lowest BCUT2D eigenvalue weighted by molar-refractivity contribution is 0.0883. The number of rotatable bonds is 2. The third-order valence-electron chi connectivity index (χ3n) is 3.62. The van der Waals surface area contributed by atoms with Crippen molar-refractivity contribution in [3.05, 3.63) is 41.7 Å². The number of β-amino-alcohol motifs (C(OH)–C–C–N with tert-alkyl or cyclic N) is 1. The summed E-state index contributed by atoms with van der Waals surface area (Å²) >= 11 is 6.13. The number of halogens is 1. The van der Waals surface area contributed by atoms with Gasteiger partial charge in [0.25, 0.3) is 0 Å². The Balaban J connectivity index is 1.69. The molecule has 3 rings (SSSR count). The molecule has 1 aliphatic rings. The number of hydrogen-bond donors (Lipinski definition) is 2. The molecule has 2 N–H and O–H groups in total. The van der Waals surface area contributed by atoms with Crippen LogP contribution in [0.25, 0.3) is 5.69 Å². The third-order valence-corrected chi connectivity index (χ3v) is 3.94. The van der Waals surface area contributed by atoms with Crippen molar-refractivity contribution in [2.45, 2.75) is 18.9 Å². The van der Waals surface area contributed by atoms with Gasteiger partial charge in [0.2, 0.25) is 0 Å². The Hall–Kier alpha value is -2.05. The first-order chi connectivity index (χ1) is 10.6. The molecule has 0 radical (unpaired) electrons. The highest BCUT2D eigenvalue weighted by Gasteiger charge is 2.22. The number of piperidine rings is 1. The highest BCUT2D eigenvalue weighted by atomic mass is 35.5. The second-order valence-electron chi connectivity index (χ2n) is 5.30. The summed E-state index contributed by atoms with van der Waals surface area (Å²) in [7, 11) is 0. The van der Waals surface area contributed by atoms with Crippen LogP contribution in [0.1, 0.15) is 12.8 Å². The van der Waals surface area contributed by atoms with E-state index in [1.165, 1.54) is 0 Å². The molecular formula is C15H17ClN4O2. The number of amides is 2. The fourth-order valence-corrected chi connectivity index (χ4v) is 2.72. The van der Waals surface area contributed by atoms with E-state index in [9.17, 15) is 9.90 Å². The van der Waals surface area contributed by atoms with E-state index in [0.29, 0.717) is 23.8 Å². The Kier molecular flexibility index (Phi) is 4.31. The van der Waals surface area contributed by atoms with Gasteiger partial charge in [-0.15, -0.1) is 0 Å². The van der Waals surface area contributed by atoms with Gasteiger partial charge in [0, 0.05) is 13.1 Å². The van der Waals surface area contributed by atoms with E-state index in [1.807, 2.05) is 18.2 Å². The van der Waals surface area contributed by atoms with Gasteiger partial charge in [-0.2, -0.15) is 5.10 Å². The van der Waals surface area contributed by atoms with Gasteiger partial charge in [-0.3, -0.25) is 0 Å². The van der Waals surface area contributed by atoms with Gasteiger partial charge in [-0.25, -0.2) is 9.48 Å². The van der Waals surface area contributed by atoms with E-state index in [-0.39, 0.29) is 6.03 Å². The number of nitrogens with zero attached hydrogens (tertiary/aromatic N) is 3. The molecular weight excluding hydrogens is 304 g/mol. The van der Waals surface area contributed by atoms with Crippen LogP contribution < -0.4 is 5.32 Å². The highest BCUT2D eigenvalue weighted by Crippen LogP contribution is 2.20. The number of carbonyl (C=O) groups is 1. The lowest BCUT2D eigenvalue weighted by atomic mass is 10.1. The Morgan fingerprint density at radius 3 is 3.00 bits per heavy atom. The van der Waals surface area contributed by atoms with Crippen molar-refractivity contribution in [2.75, 3.05) is 18.4 Å². The van der Waals surface area contributed by atoms with Gasteiger partial charge in [-0.05, 0) is 25.0 Å². The van der Waals surface area contributed by atoms with Crippen molar-refractivity contribution in [3.8, 4) is 5.69 Å². The summed E-state index contributed by atoms with van der Waals surface area (Å²) in [5.74, 6) is 0. The van der Waals surface area contributed by atoms with Crippen LogP contribution in [-0.4, -0.2) is 45.0 Å². The molecule has 1 unspecified atom stereocenters. The normalized spacial score (nSPS) is 18.3. The molecule has 1 aromatic heterocycles. The molecule has 116 valence electrons. The number of aliphatic hydroxyl groups is 1. The summed E-state index contributed by atoms with van der Waals surface area (Å²) in [5.41, 5.74) is 1.34. The van der Waals surface area contributed by atoms with Crippen LogP contribution in [0.4, 0.5) is 10.5 Å². The minimum Gasteiger partial charge on any atom is -0.391 e. The average molecular weight is 321 g/mol. The molecule has 1 aliphatic heterocycles. The lowest BCUT2D eigenvalue weighted by Gasteiger charge is -2.29. The maximum atomic E-state index is 12.2. The first-order valence-corrected chi connectivity index (χ1v) is 7.55. The van der Waals surface area contributed by atoms with Crippen molar-refractivity contribution in [1.29, 1.82) is 0 Å². The zero-order valence-electron chi connectivity index (χ0n) is 11.9. The summed E-state index contributed by atoms with van der Waals surface area (Å²) in [5, 5.41) is 17.2. The van der Waals surface area contributed by atoms with Crippen LogP contribution in [-0.2, 0) is 0 Å². The van der Waals surface area contributed by atoms with Gasteiger partial charge in [-0.1, -0.05) is 23.7 Å². The van der Waals surface area contributed by atoms with Gasteiger partial charge >= 0.3 is 6.03 Å². The maximum absolute atomic E-state index is 12.2. The molecule has 1 saturated heterocycles. The summed E-state index contributed by atoms with van der Waals surface area (Å²) in [6.45, 7) is 1.02. The Labute approximate surface area is 133 Å². The summed E-state index contributed by atoms with van der Waals surface area (Å²) in [6.07, 6.45) is 4.40. The third kappa shape index (κ3) is 3.23. The van der Waals surface area contributed by atoms with Crippen LogP contribution >= 0.6 is 11.6 Å². The van der Waals surface area contributed by atoms with Gasteiger partial charge in [0.1, 0.15) is 0 Å². The van der Waals surface area contributed by atoms with Crippen molar-refractivity contribution < 1.29 is 9.90 Å². The highest BCUT2D eigenvalue weighted by molar-refractivity contribution is 6.32. The van der Waals surface area contributed by atoms with Crippen LogP contribution in [0.5, 0.6) is 0 Å². The van der Waals surface area contributed by atoms with E-state index >= 15 is 0 Å². The number of aromatic nitrogens is 2. The van der Waals surface area contributed by atoms with Crippen LogP contribution in [0, 0.1) is 0 Å². The molecule has 22 heavy (non-hydrogen) atoms. The van der Waals surface area contributed by atoms with Gasteiger partial charge < -0.3 is 15.3 Å². The number of nitrogens with one attached hydrogen (secondary N) is 1.